The number of nitrogens with zero attached hydrogens (tertiary/aromatic N) is 1. The first-order valence-corrected chi connectivity index (χ1v) is 4.28. The van der Waals surface area contributed by atoms with Gasteiger partial charge in [0.1, 0.15) is 10.9 Å². The molecule has 0 unspecified atom stereocenters. The third kappa shape index (κ3) is 1.58. The normalized spacial score (nSPS) is 10.3. The molecule has 2 nitrogen and oxygen atoms in total. The maximum Gasteiger partial charge on any atom is 0.129 e. The predicted octanol–water partition coefficient (Wildman–Crippen LogP) is 2.90. The van der Waals surface area contributed by atoms with E-state index in [9.17, 15) is 0 Å². The van der Waals surface area contributed by atoms with E-state index in [2.05, 4.69) is 4.98 Å². The van der Waals surface area contributed by atoms with E-state index in [4.69, 9.17) is 16.3 Å². The van der Waals surface area contributed by atoms with Gasteiger partial charge in [-0.25, -0.2) is 4.98 Å². The van der Waals surface area contributed by atoms with Crippen LogP contribution in [0.5, 0.6) is 5.75 Å². The molecule has 0 aliphatic heterocycles. The highest BCUT2D eigenvalue weighted by molar-refractivity contribution is 6.29. The van der Waals surface area contributed by atoms with Crippen molar-refractivity contribution in [1.82, 2.24) is 4.98 Å². The molecule has 0 saturated heterocycles. The molecule has 2 rings (SSSR count). The zero-order chi connectivity index (χ0) is 9.26. The summed E-state index contributed by atoms with van der Waals surface area (Å²) < 4.78 is 5.09. The highest BCUT2D eigenvalue weighted by Gasteiger charge is 1.97. The maximum atomic E-state index is 5.75. The van der Waals surface area contributed by atoms with E-state index in [-0.39, 0.29) is 0 Å². The number of fused-ring (bicyclic) bond motifs is 1. The van der Waals surface area contributed by atoms with Crippen molar-refractivity contribution < 1.29 is 4.74 Å². The van der Waals surface area contributed by atoms with Gasteiger partial charge in [-0.15, -0.1) is 0 Å². The van der Waals surface area contributed by atoms with Crippen molar-refractivity contribution in [3.8, 4) is 5.75 Å². The molecule has 0 atom stereocenters. The van der Waals surface area contributed by atoms with Gasteiger partial charge in [0.2, 0.25) is 0 Å². The molecule has 2 aromatic rings. The quantitative estimate of drug-likeness (QED) is 0.650. The van der Waals surface area contributed by atoms with Gasteiger partial charge in [-0.1, -0.05) is 11.6 Å². The van der Waals surface area contributed by atoms with E-state index in [1.807, 2.05) is 24.3 Å². The molecule has 0 amide bonds. The second-order valence-corrected chi connectivity index (χ2v) is 3.08. The molecular weight excluding hydrogens is 186 g/mol. The van der Waals surface area contributed by atoms with Crippen LogP contribution in [0.1, 0.15) is 0 Å². The minimum atomic E-state index is 0.512. The first-order chi connectivity index (χ1) is 6.29. The van der Waals surface area contributed by atoms with E-state index in [1.165, 1.54) is 0 Å². The summed E-state index contributed by atoms with van der Waals surface area (Å²) >= 11 is 5.75. The monoisotopic (exact) mass is 193 g/mol. The summed E-state index contributed by atoms with van der Waals surface area (Å²) in [5, 5.41) is 1.54. The van der Waals surface area contributed by atoms with Gasteiger partial charge in [0.05, 0.1) is 12.6 Å². The molecule has 66 valence electrons. The molecule has 0 saturated carbocycles. The number of aromatic nitrogens is 1. The number of rotatable bonds is 1. The summed E-state index contributed by atoms with van der Waals surface area (Å²) in [6.07, 6.45) is 0. The van der Waals surface area contributed by atoms with Gasteiger partial charge in [0, 0.05) is 5.39 Å². The molecule has 13 heavy (non-hydrogen) atoms. The lowest BCUT2D eigenvalue weighted by Gasteiger charge is -2.01. The highest BCUT2D eigenvalue weighted by atomic mass is 35.5. The molecule has 1 aromatic carbocycles. The fourth-order valence-electron chi connectivity index (χ4n) is 1.21. The number of methoxy groups -OCH3 is 1. The van der Waals surface area contributed by atoms with Crippen molar-refractivity contribution >= 4 is 22.5 Å². The van der Waals surface area contributed by atoms with Crippen molar-refractivity contribution in [2.75, 3.05) is 7.11 Å². The van der Waals surface area contributed by atoms with Gasteiger partial charge in [0.25, 0.3) is 0 Å². The number of pyridine rings is 1. The Morgan fingerprint density at radius 2 is 2.08 bits per heavy atom. The van der Waals surface area contributed by atoms with Crippen molar-refractivity contribution in [2.24, 2.45) is 0 Å². The Labute approximate surface area is 81.1 Å². The molecule has 0 spiro atoms. The predicted molar refractivity (Wildman–Crippen MR) is 53.3 cm³/mol. The summed E-state index contributed by atoms with van der Waals surface area (Å²) in [6.45, 7) is 0. The van der Waals surface area contributed by atoms with Gasteiger partial charge in [-0.2, -0.15) is 0 Å². The first kappa shape index (κ1) is 8.32. The van der Waals surface area contributed by atoms with Crippen molar-refractivity contribution in [3.63, 3.8) is 0 Å². The van der Waals surface area contributed by atoms with Gasteiger partial charge < -0.3 is 4.74 Å². The third-order valence-corrected chi connectivity index (χ3v) is 2.07. The lowest BCUT2D eigenvalue weighted by molar-refractivity contribution is 0.415. The van der Waals surface area contributed by atoms with Crippen LogP contribution in [-0.2, 0) is 0 Å². The second kappa shape index (κ2) is 3.23. The zero-order valence-electron chi connectivity index (χ0n) is 7.12. The van der Waals surface area contributed by atoms with Gasteiger partial charge >= 0.3 is 0 Å². The Bertz CT molecular complexity index is 442. The number of benzene rings is 1. The molecule has 0 radical (unpaired) electrons. The van der Waals surface area contributed by atoms with Crippen LogP contribution in [0.15, 0.2) is 30.3 Å². The van der Waals surface area contributed by atoms with E-state index in [1.54, 1.807) is 13.2 Å². The fourth-order valence-corrected chi connectivity index (χ4v) is 1.36. The van der Waals surface area contributed by atoms with Gasteiger partial charge in [-0.3, -0.25) is 0 Å². The Morgan fingerprint density at radius 1 is 1.23 bits per heavy atom. The van der Waals surface area contributed by atoms with E-state index in [0.29, 0.717) is 5.15 Å². The van der Waals surface area contributed by atoms with Crippen LogP contribution >= 0.6 is 11.6 Å². The van der Waals surface area contributed by atoms with Crippen molar-refractivity contribution in [3.05, 3.63) is 35.5 Å². The summed E-state index contributed by atoms with van der Waals surface area (Å²) in [6, 6.07) is 9.38. The van der Waals surface area contributed by atoms with E-state index in [0.717, 1.165) is 16.7 Å². The average Bonchev–Trinajstić information content (AvgIpc) is 2.17. The van der Waals surface area contributed by atoms with Gasteiger partial charge in [0.15, 0.2) is 0 Å². The lowest BCUT2D eigenvalue weighted by Crippen LogP contribution is -1.84. The molecule has 0 N–H and O–H groups in total. The van der Waals surface area contributed by atoms with Gasteiger partial charge in [-0.05, 0) is 30.3 Å². The van der Waals surface area contributed by atoms with Crippen molar-refractivity contribution in [1.29, 1.82) is 0 Å². The number of hydrogen-bond donors (Lipinski definition) is 0. The molecule has 0 bridgehead atoms. The largest absolute Gasteiger partial charge is 0.497 e. The van der Waals surface area contributed by atoms with Crippen LogP contribution in [0.2, 0.25) is 5.15 Å². The molecule has 1 aromatic heterocycles. The average molecular weight is 194 g/mol. The minimum Gasteiger partial charge on any atom is -0.497 e. The fraction of sp³-hybridized carbons (Fsp3) is 0.100. The Kier molecular flexibility index (Phi) is 2.07. The number of hydrogen-bond acceptors (Lipinski definition) is 2. The molecule has 1 heterocycles. The Balaban J connectivity index is 2.66. The standard InChI is InChI=1S/C10H8ClNO/c1-13-8-3-4-9-7(6-8)2-5-10(11)12-9/h2-6H,1H3. The van der Waals surface area contributed by atoms with Crippen LogP contribution in [-0.4, -0.2) is 12.1 Å². The maximum absolute atomic E-state index is 5.75. The minimum absolute atomic E-state index is 0.512. The van der Waals surface area contributed by atoms with Crippen molar-refractivity contribution in [2.45, 2.75) is 0 Å². The van der Waals surface area contributed by atoms with Crippen LogP contribution in [0.4, 0.5) is 0 Å². The molecule has 0 aliphatic carbocycles. The molecule has 3 heteroatoms. The zero-order valence-corrected chi connectivity index (χ0v) is 7.88. The molecular formula is C10H8ClNO. The topological polar surface area (TPSA) is 22.1 Å². The Morgan fingerprint density at radius 3 is 2.85 bits per heavy atom. The SMILES string of the molecule is COc1ccc2nc(Cl)ccc2c1. The van der Waals surface area contributed by atoms with E-state index >= 15 is 0 Å². The summed E-state index contributed by atoms with van der Waals surface area (Å²) in [5.74, 6) is 0.830. The number of halogens is 1. The Hall–Kier alpha value is -1.28. The summed E-state index contributed by atoms with van der Waals surface area (Å²) in [7, 11) is 1.64. The lowest BCUT2D eigenvalue weighted by atomic mass is 10.2. The van der Waals surface area contributed by atoms with Crippen LogP contribution in [0, 0.1) is 0 Å². The van der Waals surface area contributed by atoms with Crippen LogP contribution < -0.4 is 4.74 Å². The molecule has 0 aliphatic rings. The summed E-state index contributed by atoms with van der Waals surface area (Å²) in [4.78, 5) is 4.16. The van der Waals surface area contributed by atoms with Crippen LogP contribution in [0.3, 0.4) is 0 Å². The van der Waals surface area contributed by atoms with Crippen LogP contribution in [0.25, 0.3) is 10.9 Å². The smallest absolute Gasteiger partial charge is 0.129 e. The summed E-state index contributed by atoms with van der Waals surface area (Å²) in [5.41, 5.74) is 0.883. The second-order valence-electron chi connectivity index (χ2n) is 2.69. The first-order valence-electron chi connectivity index (χ1n) is 3.90. The number of ether oxygens (including phenoxy) is 1. The van der Waals surface area contributed by atoms with E-state index < -0.39 is 0 Å². The molecule has 0 fully saturated rings. The third-order valence-electron chi connectivity index (χ3n) is 1.86. The highest BCUT2D eigenvalue weighted by Crippen LogP contribution is 2.20.